The zero-order chi connectivity index (χ0) is 43.2. The molecule has 0 saturated carbocycles. The van der Waals surface area contributed by atoms with Crippen LogP contribution in [0.15, 0.2) is 58.6 Å². The Morgan fingerprint density at radius 2 is 1.73 bits per heavy atom. The summed E-state index contributed by atoms with van der Waals surface area (Å²) in [4.78, 5) is 65.3. The molecular formula is C41H50F2N5O10P. The fourth-order valence-electron chi connectivity index (χ4n) is 7.36. The second-order valence-corrected chi connectivity index (χ2v) is 18.6. The zero-order valence-corrected chi connectivity index (χ0v) is 35.5. The van der Waals surface area contributed by atoms with Gasteiger partial charge in [0.15, 0.2) is 11.3 Å². The van der Waals surface area contributed by atoms with Crippen LogP contribution in [0, 0.1) is 11.6 Å². The van der Waals surface area contributed by atoms with Gasteiger partial charge in [0.1, 0.15) is 22.9 Å². The molecule has 2 aromatic carbocycles. The van der Waals surface area contributed by atoms with Gasteiger partial charge < -0.3 is 33.8 Å². The third-order valence-electron chi connectivity index (χ3n) is 9.99. The lowest BCUT2D eigenvalue weighted by molar-refractivity contribution is -0.0655. The topological polar surface area (TPSA) is 167 Å². The third kappa shape index (κ3) is 9.53. The summed E-state index contributed by atoms with van der Waals surface area (Å²) in [5.41, 5.74) is -3.62. The van der Waals surface area contributed by atoms with E-state index < -0.39 is 83.5 Å². The molecule has 59 heavy (non-hydrogen) atoms. The molecule has 1 fully saturated rings. The largest absolute Gasteiger partial charge is 0.531 e. The predicted molar refractivity (Wildman–Crippen MR) is 212 cm³/mol. The molecule has 4 heterocycles. The van der Waals surface area contributed by atoms with Gasteiger partial charge in [-0.3, -0.25) is 23.4 Å². The number of carbonyl (C=O) groups is 3. The van der Waals surface area contributed by atoms with Crippen molar-refractivity contribution in [2.24, 2.45) is 5.16 Å². The van der Waals surface area contributed by atoms with Crippen molar-refractivity contribution in [1.82, 2.24) is 19.7 Å². The summed E-state index contributed by atoms with van der Waals surface area (Å²) in [6, 6.07) is 8.35. The molecule has 2 bridgehead atoms. The van der Waals surface area contributed by atoms with Crippen LogP contribution < -0.4 is 20.0 Å². The van der Waals surface area contributed by atoms with Gasteiger partial charge in [-0.25, -0.2) is 18.1 Å². The summed E-state index contributed by atoms with van der Waals surface area (Å²) in [6.45, 7) is 13.4. The number of hydrogen-bond donors (Lipinski definition) is 1. The Bertz CT molecular complexity index is 2280. The van der Waals surface area contributed by atoms with Crippen molar-refractivity contribution in [3.63, 3.8) is 0 Å². The van der Waals surface area contributed by atoms with Crippen molar-refractivity contribution in [2.45, 2.75) is 117 Å². The van der Waals surface area contributed by atoms with Crippen LogP contribution >= 0.6 is 7.82 Å². The predicted octanol–water partition coefficient (Wildman–Crippen LogP) is 7.52. The van der Waals surface area contributed by atoms with E-state index in [1.165, 1.54) is 23.9 Å². The van der Waals surface area contributed by atoms with Gasteiger partial charge in [0.25, 0.3) is 11.8 Å². The van der Waals surface area contributed by atoms with Crippen molar-refractivity contribution < 1.29 is 50.9 Å². The minimum atomic E-state index is -4.25. The highest BCUT2D eigenvalue weighted by Crippen LogP contribution is 2.55. The number of pyridine rings is 1. The van der Waals surface area contributed by atoms with Gasteiger partial charge in [-0.1, -0.05) is 29.4 Å². The molecule has 0 radical (unpaired) electrons. The molecule has 318 valence electrons. The summed E-state index contributed by atoms with van der Waals surface area (Å²) in [6.07, 6.45) is 1.57. The maximum absolute atomic E-state index is 14.5. The second kappa shape index (κ2) is 16.1. The first kappa shape index (κ1) is 43.5. The lowest BCUT2D eigenvalue weighted by atomic mass is 9.84. The molecule has 3 aliphatic heterocycles. The SMILES string of the molecule is CC1=NO[C@@]2(CC[C@H](C)N3C[C@H]2n2cc(C(=O)NCc4ccc(F)cc4F)c(=O)c(OC(=O)N(C)Cc4ccccc4OP(=O)(OC(C)(C)C)OC(C)(C)C)c2C3=O)C1. The smallest absolute Gasteiger partial charge is 0.404 e. The quantitative estimate of drug-likeness (QED) is 0.202. The van der Waals surface area contributed by atoms with Crippen molar-refractivity contribution in [1.29, 1.82) is 0 Å². The number of phosphoric ester groups is 1. The minimum Gasteiger partial charge on any atom is -0.404 e. The van der Waals surface area contributed by atoms with Crippen LogP contribution in [0.5, 0.6) is 11.5 Å². The number of ether oxygens (including phenoxy) is 1. The van der Waals surface area contributed by atoms with Gasteiger partial charge in [0.05, 0.1) is 29.5 Å². The Balaban J connectivity index is 1.37. The van der Waals surface area contributed by atoms with E-state index in [2.05, 4.69) is 10.5 Å². The molecule has 1 N–H and O–H groups in total. The van der Waals surface area contributed by atoms with Gasteiger partial charge in [0.2, 0.25) is 11.2 Å². The number of hydrogen-bond acceptors (Lipinski definition) is 11. The summed E-state index contributed by atoms with van der Waals surface area (Å²) in [7, 11) is -2.88. The summed E-state index contributed by atoms with van der Waals surface area (Å²) in [5, 5.41) is 6.72. The van der Waals surface area contributed by atoms with Gasteiger partial charge in [-0.05, 0) is 80.4 Å². The van der Waals surface area contributed by atoms with Crippen LogP contribution in [0.1, 0.15) is 113 Å². The number of carbonyl (C=O) groups excluding carboxylic acids is 3. The average Bonchev–Trinajstić information content (AvgIpc) is 3.45. The lowest BCUT2D eigenvalue weighted by Gasteiger charge is -2.42. The Hall–Kier alpha value is -5.12. The summed E-state index contributed by atoms with van der Waals surface area (Å²) < 4.78 is 66.9. The average molecular weight is 842 g/mol. The molecular weight excluding hydrogens is 791 g/mol. The monoisotopic (exact) mass is 841 g/mol. The van der Waals surface area contributed by atoms with Gasteiger partial charge in [0, 0.05) is 56.0 Å². The van der Waals surface area contributed by atoms with Gasteiger partial charge >= 0.3 is 13.9 Å². The number of aromatic nitrogens is 1. The number of rotatable bonds is 10. The van der Waals surface area contributed by atoms with Crippen molar-refractivity contribution >= 4 is 31.4 Å². The maximum atomic E-state index is 14.5. The molecule has 3 aliphatic rings. The first-order valence-corrected chi connectivity index (χ1v) is 20.7. The van der Waals surface area contributed by atoms with Crippen LogP contribution in [0.3, 0.4) is 0 Å². The first-order chi connectivity index (χ1) is 27.5. The fraction of sp³-hybridized carbons (Fsp3) is 0.488. The van der Waals surface area contributed by atoms with E-state index in [1.807, 2.05) is 13.8 Å². The summed E-state index contributed by atoms with van der Waals surface area (Å²) in [5.74, 6) is -3.89. The summed E-state index contributed by atoms with van der Waals surface area (Å²) >= 11 is 0. The van der Waals surface area contributed by atoms with E-state index >= 15 is 0 Å². The molecule has 1 spiro atoms. The number of nitrogens with zero attached hydrogens (tertiary/aromatic N) is 4. The number of amides is 3. The number of halogens is 2. The van der Waals surface area contributed by atoms with Gasteiger partial charge in [-0.15, -0.1) is 0 Å². The van der Waals surface area contributed by atoms with E-state index in [0.717, 1.165) is 17.0 Å². The Morgan fingerprint density at radius 3 is 2.36 bits per heavy atom. The highest BCUT2D eigenvalue weighted by atomic mass is 31.2. The molecule has 3 amide bonds. The molecule has 3 atom stereocenters. The normalized spacial score (nSPS) is 20.4. The second-order valence-electron chi connectivity index (χ2n) is 17.2. The Morgan fingerprint density at radius 1 is 1.05 bits per heavy atom. The number of benzene rings is 2. The molecule has 6 rings (SSSR count). The zero-order valence-electron chi connectivity index (χ0n) is 34.6. The minimum absolute atomic E-state index is 0.0452. The fourth-order valence-corrected chi connectivity index (χ4v) is 9.23. The number of nitrogens with one attached hydrogen (secondary N) is 1. The standard InChI is InChI=1S/C41H50F2N5O10P/c1-24-19-41(56-45-24)17-16-25(2)47-23-32(41)48-22-29(36(50)44-20-26-14-15-28(42)18-30(26)43)34(49)35(33(48)37(47)51)54-38(52)46(9)21-27-12-10-11-13-31(27)55-59(53,57-39(3,4)5)58-40(6,7)8/h10-15,18,22,25,32H,16-17,19-21,23H2,1-9H3,(H,44,50)/t25-,32+,41-/m0/s1. The molecule has 1 saturated heterocycles. The van der Waals surface area contributed by atoms with Crippen LogP contribution in [0.2, 0.25) is 0 Å². The molecule has 1 aromatic heterocycles. The van der Waals surface area contributed by atoms with E-state index in [4.69, 9.17) is 23.1 Å². The molecule has 3 aromatic rings. The van der Waals surface area contributed by atoms with Crippen LogP contribution in [0.25, 0.3) is 0 Å². The van der Waals surface area contributed by atoms with Crippen LogP contribution in [-0.2, 0) is 31.5 Å². The number of fused-ring (bicyclic) bond motifs is 5. The van der Waals surface area contributed by atoms with E-state index in [1.54, 1.807) is 64.6 Å². The number of para-hydroxylation sites is 1. The third-order valence-corrected chi connectivity index (χ3v) is 11.9. The van der Waals surface area contributed by atoms with Crippen LogP contribution in [0.4, 0.5) is 13.6 Å². The molecule has 18 heteroatoms. The maximum Gasteiger partial charge on any atom is 0.531 e. The number of oxime groups is 1. The molecule has 0 aliphatic carbocycles. The molecule has 0 unspecified atom stereocenters. The van der Waals surface area contributed by atoms with Crippen molar-refractivity contribution in [3.05, 3.63) is 92.9 Å². The highest BCUT2D eigenvalue weighted by Gasteiger charge is 2.54. The van der Waals surface area contributed by atoms with Crippen molar-refractivity contribution in [3.8, 4) is 11.5 Å². The Kier molecular flexibility index (Phi) is 11.9. The lowest BCUT2D eigenvalue weighted by Crippen LogP contribution is -2.52. The highest BCUT2D eigenvalue weighted by molar-refractivity contribution is 7.49. The number of phosphoric acid groups is 1. The van der Waals surface area contributed by atoms with E-state index in [0.29, 0.717) is 36.6 Å². The Labute approximate surface area is 341 Å². The molecule has 15 nitrogen and oxygen atoms in total. The van der Waals surface area contributed by atoms with E-state index in [9.17, 15) is 32.5 Å². The van der Waals surface area contributed by atoms with Crippen LogP contribution in [-0.4, -0.2) is 74.4 Å². The van der Waals surface area contributed by atoms with Crippen molar-refractivity contribution in [2.75, 3.05) is 13.6 Å². The van der Waals surface area contributed by atoms with E-state index in [-0.39, 0.29) is 36.1 Å². The first-order valence-electron chi connectivity index (χ1n) is 19.2. The van der Waals surface area contributed by atoms with Gasteiger partial charge in [-0.2, -0.15) is 0 Å².